The molecular formula is C24H35F4N3O4. The van der Waals surface area contributed by atoms with Gasteiger partial charge in [-0.15, -0.1) is 0 Å². The van der Waals surface area contributed by atoms with E-state index < -0.39 is 29.9 Å². The van der Waals surface area contributed by atoms with Crippen LogP contribution in [0.3, 0.4) is 0 Å². The van der Waals surface area contributed by atoms with Gasteiger partial charge >= 0.3 is 6.18 Å². The topological polar surface area (TPSA) is 74.3 Å². The molecule has 7 nitrogen and oxygen atoms in total. The highest BCUT2D eigenvalue weighted by atomic mass is 19.4. The highest BCUT2D eigenvalue weighted by Crippen LogP contribution is 2.53. The standard InChI is InChI=1S/C24H35F4N3O4/c1-16(29-17-5-6-19(25)18(13-17)24(26,27)28)22(33)31(15-21(34-2)35-3)11-4-10-30-12-9-23(7-8-23)20(32)14-30/h5-6,13,16,20-21,29,32H,4,7-12,14-15H2,1-3H3. The van der Waals surface area contributed by atoms with Crippen molar-refractivity contribution in [1.29, 1.82) is 0 Å². The minimum Gasteiger partial charge on any atom is -0.391 e. The molecule has 1 saturated heterocycles. The van der Waals surface area contributed by atoms with Gasteiger partial charge in [-0.2, -0.15) is 13.2 Å². The van der Waals surface area contributed by atoms with Gasteiger partial charge in [0.2, 0.25) is 5.91 Å². The van der Waals surface area contributed by atoms with E-state index in [2.05, 4.69) is 10.2 Å². The van der Waals surface area contributed by atoms with E-state index in [1.165, 1.54) is 27.2 Å². The molecule has 1 aromatic carbocycles. The summed E-state index contributed by atoms with van der Waals surface area (Å²) in [7, 11) is 2.91. The number of hydrogen-bond donors (Lipinski definition) is 2. The first-order valence-corrected chi connectivity index (χ1v) is 11.9. The monoisotopic (exact) mass is 505 g/mol. The second-order valence-electron chi connectivity index (χ2n) is 9.53. The van der Waals surface area contributed by atoms with E-state index >= 15 is 0 Å². The van der Waals surface area contributed by atoms with E-state index in [1.807, 2.05) is 0 Å². The minimum absolute atomic E-state index is 0.00846. The summed E-state index contributed by atoms with van der Waals surface area (Å²) in [5.74, 6) is -1.72. The first kappa shape index (κ1) is 27.6. The number of rotatable bonds is 11. The van der Waals surface area contributed by atoms with Gasteiger partial charge in [0, 0.05) is 33.0 Å². The Kier molecular flexibility index (Phi) is 9.01. The molecule has 0 aromatic heterocycles. The molecule has 35 heavy (non-hydrogen) atoms. The quantitative estimate of drug-likeness (QED) is 0.355. The fourth-order valence-electron chi connectivity index (χ4n) is 4.64. The number of methoxy groups -OCH3 is 2. The van der Waals surface area contributed by atoms with Gasteiger partial charge < -0.3 is 29.7 Å². The number of ether oxygens (including phenoxy) is 2. The zero-order valence-electron chi connectivity index (χ0n) is 20.4. The highest BCUT2D eigenvalue weighted by molar-refractivity contribution is 5.84. The third-order valence-corrected chi connectivity index (χ3v) is 7.09. The van der Waals surface area contributed by atoms with Gasteiger partial charge in [-0.25, -0.2) is 4.39 Å². The van der Waals surface area contributed by atoms with Gasteiger partial charge in [0.05, 0.1) is 18.2 Å². The van der Waals surface area contributed by atoms with Crippen LogP contribution in [0.5, 0.6) is 0 Å². The number of benzene rings is 1. The number of β-amino-alcohol motifs (C(OH)–C–C–N with tert-alkyl or cyclic N) is 1. The number of anilines is 1. The summed E-state index contributed by atoms with van der Waals surface area (Å²) in [5.41, 5.74) is -1.28. The molecule has 0 radical (unpaired) electrons. The molecule has 198 valence electrons. The number of nitrogens with one attached hydrogen (secondary N) is 1. The maximum Gasteiger partial charge on any atom is 0.419 e. The fourth-order valence-corrected chi connectivity index (χ4v) is 4.64. The van der Waals surface area contributed by atoms with Crippen LogP contribution in [0.25, 0.3) is 0 Å². The van der Waals surface area contributed by atoms with Gasteiger partial charge in [0.15, 0.2) is 6.29 Å². The molecule has 2 unspecified atom stereocenters. The van der Waals surface area contributed by atoms with Gasteiger partial charge in [-0.1, -0.05) is 0 Å². The van der Waals surface area contributed by atoms with Crippen molar-refractivity contribution in [2.45, 2.75) is 57.2 Å². The maximum atomic E-state index is 13.6. The molecule has 1 aromatic rings. The van der Waals surface area contributed by atoms with E-state index in [-0.39, 0.29) is 29.7 Å². The second-order valence-corrected chi connectivity index (χ2v) is 9.53. The third-order valence-electron chi connectivity index (χ3n) is 7.09. The summed E-state index contributed by atoms with van der Waals surface area (Å²) >= 11 is 0. The van der Waals surface area contributed by atoms with Crippen LogP contribution >= 0.6 is 0 Å². The number of alkyl halides is 3. The molecule has 1 aliphatic heterocycles. The molecule has 2 fully saturated rings. The first-order chi connectivity index (χ1) is 16.5. The van der Waals surface area contributed by atoms with E-state index in [1.54, 1.807) is 4.90 Å². The number of amides is 1. The average Bonchev–Trinajstić information content (AvgIpc) is 3.59. The number of likely N-dealkylation sites (tertiary alicyclic amines) is 1. The van der Waals surface area contributed by atoms with Gasteiger partial charge in [-0.3, -0.25) is 4.79 Å². The second kappa shape index (κ2) is 11.4. The van der Waals surface area contributed by atoms with Crippen molar-refractivity contribution < 1.29 is 36.9 Å². The predicted octanol–water partition coefficient (Wildman–Crippen LogP) is 3.33. The predicted molar refractivity (Wildman–Crippen MR) is 122 cm³/mol. The van der Waals surface area contributed by atoms with Crippen molar-refractivity contribution in [2.24, 2.45) is 5.41 Å². The molecule has 11 heteroatoms. The molecule has 3 rings (SSSR count). The summed E-state index contributed by atoms with van der Waals surface area (Å²) in [4.78, 5) is 16.9. The molecular weight excluding hydrogens is 470 g/mol. The summed E-state index contributed by atoms with van der Waals surface area (Å²) in [6.07, 6.45) is -2.03. The van der Waals surface area contributed by atoms with Crippen LogP contribution in [0.4, 0.5) is 23.2 Å². The minimum atomic E-state index is -4.84. The number of carbonyl (C=O) groups is 1. The highest BCUT2D eigenvalue weighted by Gasteiger charge is 2.51. The van der Waals surface area contributed by atoms with E-state index in [9.17, 15) is 27.5 Å². The van der Waals surface area contributed by atoms with E-state index in [0.717, 1.165) is 31.9 Å². The van der Waals surface area contributed by atoms with Crippen molar-refractivity contribution in [3.63, 3.8) is 0 Å². The number of hydrogen-bond acceptors (Lipinski definition) is 6. The Balaban J connectivity index is 1.60. The lowest BCUT2D eigenvalue weighted by Gasteiger charge is -2.37. The summed E-state index contributed by atoms with van der Waals surface area (Å²) < 4.78 is 63.2. The Bertz CT molecular complexity index is 862. The number of halogens is 4. The normalized spacial score (nSPS) is 20.8. The van der Waals surface area contributed by atoms with Crippen molar-refractivity contribution >= 4 is 11.6 Å². The molecule has 1 saturated carbocycles. The Labute approximate surface area is 203 Å². The Morgan fingerprint density at radius 1 is 1.29 bits per heavy atom. The molecule has 2 atom stereocenters. The zero-order valence-corrected chi connectivity index (χ0v) is 20.4. The maximum absolute atomic E-state index is 13.6. The lowest BCUT2D eigenvalue weighted by Crippen LogP contribution is -2.48. The molecule has 2 N–H and O–H groups in total. The fraction of sp³-hybridized carbons (Fsp3) is 0.708. The number of aliphatic hydroxyl groups is 1. The van der Waals surface area contributed by atoms with Crippen LogP contribution in [0, 0.1) is 11.2 Å². The number of piperidine rings is 1. The summed E-state index contributed by atoms with van der Waals surface area (Å²) in [6.45, 7) is 4.29. The van der Waals surface area contributed by atoms with E-state index in [4.69, 9.17) is 9.47 Å². The third kappa shape index (κ3) is 7.05. The zero-order chi connectivity index (χ0) is 25.8. The Morgan fingerprint density at radius 3 is 2.54 bits per heavy atom. The Morgan fingerprint density at radius 2 is 1.97 bits per heavy atom. The van der Waals surface area contributed by atoms with Crippen molar-refractivity contribution in [3.05, 3.63) is 29.6 Å². The molecule has 1 amide bonds. The van der Waals surface area contributed by atoms with Gasteiger partial charge in [0.25, 0.3) is 0 Å². The molecule has 2 aliphatic rings. The first-order valence-electron chi connectivity index (χ1n) is 11.9. The van der Waals surface area contributed by atoms with E-state index in [0.29, 0.717) is 32.1 Å². The largest absolute Gasteiger partial charge is 0.419 e. The van der Waals surface area contributed by atoms with Crippen molar-refractivity contribution in [1.82, 2.24) is 9.80 Å². The lowest BCUT2D eigenvalue weighted by atomic mass is 9.90. The lowest BCUT2D eigenvalue weighted by molar-refractivity contribution is -0.146. The molecule has 0 bridgehead atoms. The SMILES string of the molecule is COC(CN(CCCN1CCC2(CC2)C(O)C1)C(=O)C(C)Nc1ccc(F)c(C(F)(F)F)c1)OC. The van der Waals surface area contributed by atoms with Gasteiger partial charge in [-0.05, 0) is 69.3 Å². The van der Waals surface area contributed by atoms with Crippen LogP contribution in [0.2, 0.25) is 0 Å². The Hall–Kier alpha value is -1.95. The number of nitrogens with zero attached hydrogens (tertiary/aromatic N) is 2. The smallest absolute Gasteiger partial charge is 0.391 e. The number of aliphatic hydroxyl groups excluding tert-OH is 1. The summed E-state index contributed by atoms with van der Waals surface area (Å²) in [5, 5.41) is 13.2. The molecule has 1 spiro atoms. The van der Waals surface area contributed by atoms with Crippen LogP contribution in [-0.4, -0.2) is 86.2 Å². The van der Waals surface area contributed by atoms with Crippen LogP contribution in [0.1, 0.15) is 38.2 Å². The van der Waals surface area contributed by atoms with Crippen molar-refractivity contribution in [3.8, 4) is 0 Å². The van der Waals surface area contributed by atoms with Crippen LogP contribution < -0.4 is 5.32 Å². The molecule has 1 heterocycles. The van der Waals surface area contributed by atoms with Crippen LogP contribution in [-0.2, 0) is 20.4 Å². The van der Waals surface area contributed by atoms with Gasteiger partial charge in [0.1, 0.15) is 11.9 Å². The number of carbonyl (C=O) groups excluding carboxylic acids is 1. The van der Waals surface area contributed by atoms with Crippen molar-refractivity contribution in [2.75, 3.05) is 52.3 Å². The average molecular weight is 506 g/mol. The molecule has 1 aliphatic carbocycles. The van der Waals surface area contributed by atoms with Crippen LogP contribution in [0.15, 0.2) is 18.2 Å². The summed E-state index contributed by atoms with van der Waals surface area (Å²) in [6, 6.07) is 1.68.